The molecule has 106 valence electrons. The van der Waals surface area contributed by atoms with Gasteiger partial charge in [-0.15, -0.1) is 0 Å². The first-order valence-electron chi connectivity index (χ1n) is 7.16. The van der Waals surface area contributed by atoms with Crippen LogP contribution in [0, 0.1) is 22.7 Å². The van der Waals surface area contributed by atoms with Gasteiger partial charge in [-0.1, -0.05) is 48.5 Å². The second kappa shape index (κ2) is 5.85. The van der Waals surface area contributed by atoms with Gasteiger partial charge in [-0.05, 0) is 29.2 Å². The van der Waals surface area contributed by atoms with Crippen LogP contribution >= 0.6 is 0 Å². The van der Waals surface area contributed by atoms with E-state index < -0.39 is 0 Å². The number of hydrogen-bond acceptors (Lipinski definition) is 3. The summed E-state index contributed by atoms with van der Waals surface area (Å²) < 4.78 is 5.94. The predicted molar refractivity (Wildman–Crippen MR) is 83.6 cm³/mol. The molecule has 2 aromatic rings. The van der Waals surface area contributed by atoms with Crippen molar-refractivity contribution in [3.63, 3.8) is 0 Å². The van der Waals surface area contributed by atoms with E-state index in [1.165, 1.54) is 0 Å². The fraction of sp³-hybridized carbons (Fsp3) is 0.158. The van der Waals surface area contributed by atoms with Crippen LogP contribution in [0.4, 0.5) is 0 Å². The van der Waals surface area contributed by atoms with Crippen LogP contribution in [0.15, 0.2) is 54.1 Å². The number of fused-ring (bicyclic) bond motifs is 2. The lowest BCUT2D eigenvalue weighted by atomic mass is 9.78. The Kier molecular flexibility index (Phi) is 3.74. The zero-order valence-corrected chi connectivity index (χ0v) is 12.2. The Morgan fingerprint density at radius 2 is 1.45 bits per heavy atom. The summed E-state index contributed by atoms with van der Waals surface area (Å²) in [5, 5.41) is 18.7. The highest BCUT2D eigenvalue weighted by Gasteiger charge is 2.30. The van der Waals surface area contributed by atoms with E-state index in [1.807, 2.05) is 67.6 Å². The summed E-state index contributed by atoms with van der Waals surface area (Å²) in [6.07, 6.45) is -0.167. The first kappa shape index (κ1) is 14.1. The minimum atomic E-state index is -0.167. The molecule has 0 saturated carbocycles. The van der Waals surface area contributed by atoms with E-state index >= 15 is 0 Å². The molecule has 0 unspecified atom stereocenters. The van der Waals surface area contributed by atoms with Crippen molar-refractivity contribution < 1.29 is 4.74 Å². The van der Waals surface area contributed by atoms with E-state index in [4.69, 9.17) is 4.74 Å². The molecule has 3 nitrogen and oxygen atoms in total. The van der Waals surface area contributed by atoms with Crippen LogP contribution < -0.4 is 0 Å². The molecule has 0 aromatic heterocycles. The normalized spacial score (nSPS) is 15.2. The molecule has 0 N–H and O–H groups in total. The molecule has 1 aliphatic rings. The van der Waals surface area contributed by atoms with Crippen molar-refractivity contribution in [2.45, 2.75) is 13.0 Å². The fourth-order valence-corrected chi connectivity index (χ4v) is 2.97. The van der Waals surface area contributed by atoms with E-state index in [1.54, 1.807) is 0 Å². The van der Waals surface area contributed by atoms with Crippen LogP contribution in [0.5, 0.6) is 0 Å². The van der Waals surface area contributed by atoms with Crippen LogP contribution in [-0.2, 0) is 4.74 Å². The van der Waals surface area contributed by atoms with Gasteiger partial charge in [-0.2, -0.15) is 10.5 Å². The number of benzene rings is 2. The molecule has 0 radical (unpaired) electrons. The molecular weight excluding hydrogens is 272 g/mol. The quantitative estimate of drug-likeness (QED) is 0.785. The number of hydrogen-bond donors (Lipinski definition) is 0. The number of allylic oxidation sites excluding steroid dienone is 1. The Morgan fingerprint density at radius 3 is 1.91 bits per heavy atom. The topological polar surface area (TPSA) is 56.8 Å². The zero-order chi connectivity index (χ0) is 15.5. The van der Waals surface area contributed by atoms with Gasteiger partial charge in [0.15, 0.2) is 0 Å². The Hall–Kier alpha value is -2.88. The maximum absolute atomic E-state index is 9.34. The molecule has 0 aliphatic heterocycles. The average Bonchev–Trinajstić information content (AvgIpc) is 2.58. The molecule has 1 aliphatic carbocycles. The smallest absolute Gasteiger partial charge is 0.138 e. The van der Waals surface area contributed by atoms with Crippen molar-refractivity contribution in [2.24, 2.45) is 0 Å². The van der Waals surface area contributed by atoms with Crippen molar-refractivity contribution in [2.75, 3.05) is 6.61 Å². The summed E-state index contributed by atoms with van der Waals surface area (Å²) in [4.78, 5) is 0. The Bertz CT molecular complexity index is 771. The van der Waals surface area contributed by atoms with E-state index in [-0.39, 0.29) is 11.7 Å². The third-order valence-electron chi connectivity index (χ3n) is 3.83. The van der Waals surface area contributed by atoms with Gasteiger partial charge in [-0.3, -0.25) is 0 Å². The average molecular weight is 286 g/mol. The third-order valence-corrected chi connectivity index (χ3v) is 3.83. The number of rotatable bonds is 2. The van der Waals surface area contributed by atoms with Gasteiger partial charge < -0.3 is 4.74 Å². The Morgan fingerprint density at radius 1 is 0.955 bits per heavy atom. The summed E-state index contributed by atoms with van der Waals surface area (Å²) in [7, 11) is 0. The maximum atomic E-state index is 9.34. The Balaban J connectivity index is 2.38. The van der Waals surface area contributed by atoms with Gasteiger partial charge in [0, 0.05) is 12.2 Å². The van der Waals surface area contributed by atoms with E-state index in [9.17, 15) is 10.5 Å². The lowest BCUT2D eigenvalue weighted by Crippen LogP contribution is -2.16. The summed E-state index contributed by atoms with van der Waals surface area (Å²) >= 11 is 0. The first-order valence-corrected chi connectivity index (χ1v) is 7.16. The zero-order valence-electron chi connectivity index (χ0n) is 12.2. The van der Waals surface area contributed by atoms with Crippen LogP contribution in [0.3, 0.4) is 0 Å². The monoisotopic (exact) mass is 286 g/mol. The number of ether oxygens (including phenoxy) is 1. The van der Waals surface area contributed by atoms with Gasteiger partial charge >= 0.3 is 0 Å². The first-order chi connectivity index (χ1) is 10.8. The highest BCUT2D eigenvalue weighted by Crippen LogP contribution is 2.44. The molecule has 0 fully saturated rings. The highest BCUT2D eigenvalue weighted by molar-refractivity contribution is 5.91. The van der Waals surface area contributed by atoms with Gasteiger partial charge in [0.05, 0.1) is 0 Å². The van der Waals surface area contributed by atoms with Crippen LogP contribution in [0.25, 0.3) is 5.57 Å². The lowest BCUT2D eigenvalue weighted by molar-refractivity contribution is 0.0902. The second-order valence-electron chi connectivity index (χ2n) is 4.98. The van der Waals surface area contributed by atoms with Crippen molar-refractivity contribution in [3.8, 4) is 12.1 Å². The predicted octanol–water partition coefficient (Wildman–Crippen LogP) is 3.97. The maximum Gasteiger partial charge on any atom is 0.138 e. The molecule has 2 aromatic carbocycles. The number of nitrogens with zero attached hydrogens (tertiary/aromatic N) is 2. The standard InChI is InChI=1S/C19H14N2O/c1-2-22-19-16-9-5-3-7-14(16)18(13(11-20)12-21)15-8-4-6-10-17(15)19/h3-10,19H,2H2,1H3. The summed E-state index contributed by atoms with van der Waals surface area (Å²) in [6.45, 7) is 2.56. The van der Waals surface area contributed by atoms with Crippen LogP contribution in [-0.4, -0.2) is 6.61 Å². The molecule has 0 bridgehead atoms. The van der Waals surface area contributed by atoms with Gasteiger partial charge in [0.1, 0.15) is 23.8 Å². The van der Waals surface area contributed by atoms with Gasteiger partial charge in [0.25, 0.3) is 0 Å². The van der Waals surface area contributed by atoms with E-state index in [0.29, 0.717) is 12.2 Å². The van der Waals surface area contributed by atoms with Crippen molar-refractivity contribution in [3.05, 3.63) is 76.4 Å². The van der Waals surface area contributed by atoms with Crippen LogP contribution in [0.1, 0.15) is 35.3 Å². The summed E-state index contributed by atoms with van der Waals surface area (Å²) in [5.41, 5.74) is 4.64. The molecular formula is C19H14N2O. The molecule has 0 atom stereocenters. The van der Waals surface area contributed by atoms with Crippen molar-refractivity contribution in [1.29, 1.82) is 10.5 Å². The molecule has 3 heteroatoms. The molecule has 0 saturated heterocycles. The molecule has 0 spiro atoms. The Labute approximate surface area is 129 Å². The minimum Gasteiger partial charge on any atom is -0.369 e. The molecule has 0 amide bonds. The molecule has 0 heterocycles. The van der Waals surface area contributed by atoms with Crippen molar-refractivity contribution in [1.82, 2.24) is 0 Å². The van der Waals surface area contributed by atoms with Gasteiger partial charge in [-0.25, -0.2) is 0 Å². The van der Waals surface area contributed by atoms with Gasteiger partial charge in [0.2, 0.25) is 0 Å². The van der Waals surface area contributed by atoms with Crippen LogP contribution in [0.2, 0.25) is 0 Å². The molecule has 22 heavy (non-hydrogen) atoms. The van der Waals surface area contributed by atoms with Crippen molar-refractivity contribution >= 4 is 5.57 Å². The minimum absolute atomic E-state index is 0.134. The highest BCUT2D eigenvalue weighted by atomic mass is 16.5. The van der Waals surface area contributed by atoms with E-state index in [2.05, 4.69) is 0 Å². The molecule has 3 rings (SSSR count). The van der Waals surface area contributed by atoms with E-state index in [0.717, 1.165) is 22.3 Å². The fourth-order valence-electron chi connectivity index (χ4n) is 2.97. The number of nitriles is 2. The summed E-state index contributed by atoms with van der Waals surface area (Å²) in [6, 6.07) is 19.7. The second-order valence-corrected chi connectivity index (χ2v) is 4.98. The third kappa shape index (κ3) is 2.09. The SMILES string of the molecule is CCOC1c2ccccc2C(=C(C#N)C#N)c2ccccc21. The lowest BCUT2D eigenvalue weighted by Gasteiger charge is -2.30. The summed E-state index contributed by atoms with van der Waals surface area (Å²) in [5.74, 6) is 0. The largest absolute Gasteiger partial charge is 0.369 e.